The summed E-state index contributed by atoms with van der Waals surface area (Å²) in [6, 6.07) is 9.08. The van der Waals surface area contributed by atoms with Crippen molar-refractivity contribution in [2.24, 2.45) is 0 Å². The Kier molecular flexibility index (Phi) is 4.63. The van der Waals surface area contributed by atoms with Crippen molar-refractivity contribution in [3.05, 3.63) is 34.3 Å². The summed E-state index contributed by atoms with van der Waals surface area (Å²) in [6.45, 7) is 7.63. The first-order valence-electron chi connectivity index (χ1n) is 5.08. The number of hydrogen-bond acceptors (Lipinski definition) is 1. The van der Waals surface area contributed by atoms with E-state index in [4.69, 9.17) is 0 Å². The van der Waals surface area contributed by atoms with Crippen molar-refractivity contribution >= 4 is 15.9 Å². The molecule has 0 amide bonds. The Balaban J connectivity index is 2.56. The average molecular weight is 256 g/mol. The molecule has 1 atom stereocenters. The Morgan fingerprint density at radius 2 is 2.00 bits per heavy atom. The second kappa shape index (κ2) is 5.52. The summed E-state index contributed by atoms with van der Waals surface area (Å²) in [5.41, 5.74) is 1.38. The van der Waals surface area contributed by atoms with Crippen LogP contribution in [0.25, 0.3) is 0 Å². The molecule has 0 aromatic heterocycles. The van der Waals surface area contributed by atoms with Gasteiger partial charge in [-0.2, -0.15) is 0 Å². The van der Waals surface area contributed by atoms with Crippen molar-refractivity contribution < 1.29 is 0 Å². The van der Waals surface area contributed by atoms with Gasteiger partial charge in [-0.25, -0.2) is 0 Å². The molecule has 78 valence electrons. The molecule has 0 saturated carbocycles. The smallest absolute Gasteiger partial charge is 0.0178 e. The number of benzene rings is 1. The van der Waals surface area contributed by atoms with Crippen LogP contribution in [0.1, 0.15) is 32.3 Å². The first kappa shape index (κ1) is 11.7. The zero-order valence-corrected chi connectivity index (χ0v) is 10.6. The zero-order chi connectivity index (χ0) is 10.6. The standard InChI is InChI=1S/C12H18BrN/c1-9(2)14-8-10(3)11-5-4-6-12(13)7-11/h4-7,9-10,14H,8H2,1-3H3. The summed E-state index contributed by atoms with van der Waals surface area (Å²) >= 11 is 3.49. The van der Waals surface area contributed by atoms with E-state index in [0.29, 0.717) is 12.0 Å². The summed E-state index contributed by atoms with van der Waals surface area (Å²) in [6.07, 6.45) is 0. The Bertz CT molecular complexity index is 283. The molecule has 0 aliphatic heterocycles. The molecule has 0 aliphatic rings. The molecular formula is C12H18BrN. The highest BCUT2D eigenvalue weighted by molar-refractivity contribution is 9.10. The van der Waals surface area contributed by atoms with Crippen molar-refractivity contribution in [3.63, 3.8) is 0 Å². The van der Waals surface area contributed by atoms with E-state index in [-0.39, 0.29) is 0 Å². The number of halogens is 1. The molecule has 1 nitrogen and oxygen atoms in total. The normalized spacial score (nSPS) is 13.2. The van der Waals surface area contributed by atoms with Crippen LogP contribution in [0.4, 0.5) is 0 Å². The molecular weight excluding hydrogens is 238 g/mol. The third-order valence-corrected chi connectivity index (χ3v) is 2.74. The third-order valence-electron chi connectivity index (χ3n) is 2.25. The summed E-state index contributed by atoms with van der Waals surface area (Å²) in [5.74, 6) is 0.565. The van der Waals surface area contributed by atoms with Crippen molar-refractivity contribution in [1.82, 2.24) is 5.32 Å². The van der Waals surface area contributed by atoms with Crippen molar-refractivity contribution in [1.29, 1.82) is 0 Å². The number of nitrogens with one attached hydrogen (secondary N) is 1. The molecule has 0 heterocycles. The van der Waals surface area contributed by atoms with Gasteiger partial charge < -0.3 is 5.32 Å². The molecule has 0 radical (unpaired) electrons. The van der Waals surface area contributed by atoms with Crippen LogP contribution in [-0.2, 0) is 0 Å². The Hall–Kier alpha value is -0.340. The summed E-state index contributed by atoms with van der Waals surface area (Å²) < 4.78 is 1.16. The van der Waals surface area contributed by atoms with Crippen LogP contribution in [-0.4, -0.2) is 12.6 Å². The molecule has 14 heavy (non-hydrogen) atoms. The van der Waals surface area contributed by atoms with Gasteiger partial charge >= 0.3 is 0 Å². The van der Waals surface area contributed by atoms with Gasteiger partial charge in [0.1, 0.15) is 0 Å². The molecule has 2 heteroatoms. The van der Waals surface area contributed by atoms with E-state index in [0.717, 1.165) is 11.0 Å². The molecule has 1 aromatic carbocycles. The fourth-order valence-corrected chi connectivity index (χ4v) is 1.76. The Morgan fingerprint density at radius 1 is 1.29 bits per heavy atom. The zero-order valence-electron chi connectivity index (χ0n) is 9.05. The Labute approximate surface area is 95.0 Å². The first-order valence-corrected chi connectivity index (χ1v) is 5.87. The van der Waals surface area contributed by atoms with Crippen molar-refractivity contribution in [3.8, 4) is 0 Å². The number of rotatable bonds is 4. The monoisotopic (exact) mass is 255 g/mol. The maximum absolute atomic E-state index is 3.49. The van der Waals surface area contributed by atoms with E-state index in [1.54, 1.807) is 0 Å². The lowest BCUT2D eigenvalue weighted by Gasteiger charge is -2.15. The van der Waals surface area contributed by atoms with Crippen LogP contribution in [0.15, 0.2) is 28.7 Å². The fourth-order valence-electron chi connectivity index (χ4n) is 1.34. The third kappa shape index (κ3) is 3.81. The fraction of sp³-hybridized carbons (Fsp3) is 0.500. The topological polar surface area (TPSA) is 12.0 Å². The molecule has 0 spiro atoms. The molecule has 1 unspecified atom stereocenters. The lowest BCUT2D eigenvalue weighted by Crippen LogP contribution is -2.26. The highest BCUT2D eigenvalue weighted by Crippen LogP contribution is 2.18. The van der Waals surface area contributed by atoms with Crippen molar-refractivity contribution in [2.75, 3.05) is 6.54 Å². The Morgan fingerprint density at radius 3 is 2.57 bits per heavy atom. The lowest BCUT2D eigenvalue weighted by atomic mass is 10.0. The molecule has 0 fully saturated rings. The molecule has 0 bridgehead atoms. The largest absolute Gasteiger partial charge is 0.314 e. The van der Waals surface area contributed by atoms with E-state index in [2.05, 4.69) is 66.3 Å². The molecule has 1 rings (SSSR count). The van der Waals surface area contributed by atoms with Crippen LogP contribution < -0.4 is 5.32 Å². The predicted molar refractivity (Wildman–Crippen MR) is 65.7 cm³/mol. The van der Waals surface area contributed by atoms with Gasteiger partial charge in [-0.15, -0.1) is 0 Å². The highest BCUT2D eigenvalue weighted by atomic mass is 79.9. The number of hydrogen-bond donors (Lipinski definition) is 1. The average Bonchev–Trinajstić information content (AvgIpc) is 2.14. The SMILES string of the molecule is CC(C)NCC(C)c1cccc(Br)c1. The van der Waals surface area contributed by atoms with Crippen molar-refractivity contribution in [2.45, 2.75) is 32.7 Å². The van der Waals surface area contributed by atoms with E-state index < -0.39 is 0 Å². The van der Waals surface area contributed by atoms with Crippen LogP contribution in [0, 0.1) is 0 Å². The van der Waals surface area contributed by atoms with Gasteiger partial charge in [0, 0.05) is 17.1 Å². The van der Waals surface area contributed by atoms with E-state index >= 15 is 0 Å². The van der Waals surface area contributed by atoms with Gasteiger partial charge in [0.15, 0.2) is 0 Å². The van der Waals surface area contributed by atoms with E-state index in [1.807, 2.05) is 0 Å². The minimum atomic E-state index is 0.560. The van der Waals surface area contributed by atoms with Gasteiger partial charge in [-0.3, -0.25) is 0 Å². The van der Waals surface area contributed by atoms with Gasteiger partial charge in [0.2, 0.25) is 0 Å². The minimum Gasteiger partial charge on any atom is -0.314 e. The molecule has 1 N–H and O–H groups in total. The summed E-state index contributed by atoms with van der Waals surface area (Å²) in [5, 5.41) is 3.45. The van der Waals surface area contributed by atoms with Gasteiger partial charge in [0.25, 0.3) is 0 Å². The van der Waals surface area contributed by atoms with Crippen LogP contribution >= 0.6 is 15.9 Å². The predicted octanol–water partition coefficient (Wildman–Crippen LogP) is 3.55. The minimum absolute atomic E-state index is 0.560. The van der Waals surface area contributed by atoms with Gasteiger partial charge in [-0.05, 0) is 23.6 Å². The van der Waals surface area contributed by atoms with Crippen LogP contribution in [0.3, 0.4) is 0 Å². The van der Waals surface area contributed by atoms with Crippen LogP contribution in [0.2, 0.25) is 0 Å². The lowest BCUT2D eigenvalue weighted by molar-refractivity contribution is 0.548. The summed E-state index contributed by atoms with van der Waals surface area (Å²) in [7, 11) is 0. The maximum Gasteiger partial charge on any atom is 0.0178 e. The molecule has 1 aromatic rings. The van der Waals surface area contributed by atoms with E-state index in [1.165, 1.54) is 5.56 Å². The quantitative estimate of drug-likeness (QED) is 0.868. The molecule has 0 aliphatic carbocycles. The summed E-state index contributed by atoms with van der Waals surface area (Å²) in [4.78, 5) is 0. The second-order valence-corrected chi connectivity index (χ2v) is 4.93. The van der Waals surface area contributed by atoms with Gasteiger partial charge in [-0.1, -0.05) is 48.8 Å². The molecule has 0 saturated heterocycles. The first-order chi connectivity index (χ1) is 6.59. The second-order valence-electron chi connectivity index (χ2n) is 4.02. The highest BCUT2D eigenvalue weighted by Gasteiger charge is 2.05. The van der Waals surface area contributed by atoms with Crippen LogP contribution in [0.5, 0.6) is 0 Å². The van der Waals surface area contributed by atoms with Gasteiger partial charge in [0.05, 0.1) is 0 Å². The maximum atomic E-state index is 3.49. The van der Waals surface area contributed by atoms with E-state index in [9.17, 15) is 0 Å².